The van der Waals surface area contributed by atoms with Gasteiger partial charge >= 0.3 is 11.9 Å². The minimum absolute atomic E-state index is 0.266. The number of nitrogen functional groups attached to an aromatic ring is 2. The Morgan fingerprint density at radius 3 is 1.21 bits per heavy atom. The molecule has 0 saturated heterocycles. The van der Waals surface area contributed by atoms with E-state index in [4.69, 9.17) is 30.9 Å². The molecule has 0 spiro atoms. The van der Waals surface area contributed by atoms with E-state index in [0.29, 0.717) is 58.3 Å². The van der Waals surface area contributed by atoms with E-state index in [0.717, 1.165) is 73.9 Å². The fraction of sp³-hybridized carbons (Fsp3) is 0.500. The Morgan fingerprint density at radius 2 is 0.903 bits per heavy atom. The van der Waals surface area contributed by atoms with E-state index < -0.39 is 23.1 Å². The summed E-state index contributed by atoms with van der Waals surface area (Å²) in [4.78, 5) is 49.2. The molecule has 328 valence electrons. The molecule has 6 N–H and O–H groups in total. The van der Waals surface area contributed by atoms with Crippen molar-refractivity contribution in [2.24, 2.45) is 33.7 Å². The zero-order chi connectivity index (χ0) is 44.7. The number of aromatic nitrogens is 4. The van der Waals surface area contributed by atoms with Crippen LogP contribution in [0, 0.1) is 37.5 Å². The van der Waals surface area contributed by atoms with Crippen molar-refractivity contribution in [2.45, 2.75) is 130 Å². The van der Waals surface area contributed by atoms with Crippen LogP contribution in [0.4, 0.5) is 23.0 Å². The Hall–Kier alpha value is -5.92. The van der Waals surface area contributed by atoms with Crippen molar-refractivity contribution < 1.29 is 29.3 Å². The maximum atomic E-state index is 11.3. The molecule has 2 fully saturated rings. The van der Waals surface area contributed by atoms with Gasteiger partial charge in [0.15, 0.2) is 23.0 Å². The molecule has 0 bridgehead atoms. The summed E-state index contributed by atoms with van der Waals surface area (Å²) in [5.41, 5.74) is 17.9. The van der Waals surface area contributed by atoms with Gasteiger partial charge in [-0.25, -0.2) is 20.0 Å². The van der Waals surface area contributed by atoms with Gasteiger partial charge in [-0.1, -0.05) is 62.4 Å². The summed E-state index contributed by atoms with van der Waals surface area (Å²) < 4.78 is 12.3. The first kappa shape index (κ1) is 44.1. The lowest BCUT2D eigenvalue weighted by molar-refractivity contribution is -0.144. The summed E-state index contributed by atoms with van der Waals surface area (Å²) >= 11 is 0. The number of carboxylic acids is 2. The molecule has 4 heterocycles. The number of benzene rings is 2. The smallest absolute Gasteiger partial charge is 0.306 e. The maximum absolute atomic E-state index is 11.3. The van der Waals surface area contributed by atoms with E-state index >= 15 is 0 Å². The number of hydrogen-bond donors (Lipinski definition) is 4. The fourth-order valence-corrected chi connectivity index (χ4v) is 9.51. The van der Waals surface area contributed by atoms with Gasteiger partial charge in [-0.05, 0) is 128 Å². The van der Waals surface area contributed by atoms with Gasteiger partial charge in [0, 0.05) is 11.1 Å². The number of aryl methyl sites for hydroxylation is 2. The standard InChI is InChI=1S/2C24H30N4O3/c2*1-13(23(29)30)15-5-7-16(8-6-15)17-9-11-18(12-10-17)20-24(3,4)31-22-19(28-20)21(25)26-14(2)27-22/h2*9-13,15-16H,5-8H2,1-4H3,(H,29,30)(H2,25,26,27)/t13-,15?,16?;/m1./s1. The number of fused-ring (bicyclic) bond motifs is 2. The van der Waals surface area contributed by atoms with Crippen molar-refractivity contribution in [3.8, 4) is 11.8 Å². The Bertz CT molecular complexity index is 2210. The van der Waals surface area contributed by atoms with Gasteiger partial charge in [0.2, 0.25) is 11.8 Å². The maximum Gasteiger partial charge on any atom is 0.306 e. The van der Waals surface area contributed by atoms with Gasteiger partial charge in [-0.15, -0.1) is 0 Å². The van der Waals surface area contributed by atoms with E-state index in [1.165, 1.54) is 11.1 Å². The van der Waals surface area contributed by atoms with Crippen molar-refractivity contribution in [1.29, 1.82) is 0 Å². The fourth-order valence-electron chi connectivity index (χ4n) is 9.51. The van der Waals surface area contributed by atoms with Crippen molar-refractivity contribution in [3.63, 3.8) is 0 Å². The molecule has 2 aromatic heterocycles. The van der Waals surface area contributed by atoms with Crippen LogP contribution < -0.4 is 20.9 Å². The van der Waals surface area contributed by atoms with Crippen LogP contribution in [0.2, 0.25) is 0 Å². The number of rotatable bonds is 8. The van der Waals surface area contributed by atoms with Gasteiger partial charge in [0.1, 0.15) is 22.9 Å². The molecule has 4 aliphatic rings. The average Bonchev–Trinajstić information content (AvgIpc) is 3.22. The zero-order valence-electron chi connectivity index (χ0n) is 37.1. The first-order chi connectivity index (χ1) is 29.3. The number of carboxylic acid groups (broad SMARTS) is 2. The molecule has 2 aliphatic heterocycles. The first-order valence-corrected chi connectivity index (χ1v) is 21.8. The lowest BCUT2D eigenvalue weighted by Gasteiger charge is -2.33. The molecule has 14 nitrogen and oxygen atoms in total. The summed E-state index contributed by atoms with van der Waals surface area (Å²) in [6.45, 7) is 15.1. The molecular weight excluding hydrogens is 785 g/mol. The van der Waals surface area contributed by atoms with Gasteiger partial charge in [-0.2, -0.15) is 9.97 Å². The molecule has 2 aliphatic carbocycles. The molecule has 0 radical (unpaired) electrons. The Balaban J connectivity index is 0.000000186. The molecule has 1 unspecified atom stereocenters. The molecule has 4 aromatic rings. The number of aliphatic imine (C=N–C) groups is 2. The second kappa shape index (κ2) is 17.5. The van der Waals surface area contributed by atoms with Crippen molar-refractivity contribution in [3.05, 3.63) is 82.4 Å². The summed E-state index contributed by atoms with van der Waals surface area (Å²) in [6, 6.07) is 17.0. The van der Waals surface area contributed by atoms with Gasteiger partial charge in [0.25, 0.3) is 0 Å². The second-order valence-corrected chi connectivity index (χ2v) is 18.5. The third-order valence-corrected chi connectivity index (χ3v) is 13.3. The molecule has 8 rings (SSSR count). The number of aliphatic carboxylic acids is 2. The van der Waals surface area contributed by atoms with Crippen LogP contribution in [0.3, 0.4) is 0 Å². The number of nitrogens with zero attached hydrogens (tertiary/aromatic N) is 6. The van der Waals surface area contributed by atoms with E-state index in [9.17, 15) is 19.8 Å². The molecule has 2 saturated carbocycles. The lowest BCUT2D eigenvalue weighted by atomic mass is 9.74. The van der Waals surface area contributed by atoms with Crippen molar-refractivity contribution >= 4 is 46.4 Å². The highest BCUT2D eigenvalue weighted by atomic mass is 16.5. The third-order valence-electron chi connectivity index (χ3n) is 13.3. The minimum Gasteiger partial charge on any atom is -0.481 e. The number of ether oxygens (including phenoxy) is 2. The topological polar surface area (TPSA) is 221 Å². The van der Waals surface area contributed by atoms with E-state index in [-0.39, 0.29) is 23.7 Å². The molecule has 2 atom stereocenters. The third kappa shape index (κ3) is 9.29. The quantitative estimate of drug-likeness (QED) is 0.130. The minimum atomic E-state index is -0.686. The molecule has 2 aromatic carbocycles. The highest BCUT2D eigenvalue weighted by molar-refractivity contribution is 6.10. The summed E-state index contributed by atoms with van der Waals surface area (Å²) in [5.74, 6) is 2.18. The average molecular weight is 845 g/mol. The normalized spacial score (nSPS) is 23.3. The van der Waals surface area contributed by atoms with Gasteiger partial charge in [-0.3, -0.25) is 9.59 Å². The van der Waals surface area contributed by atoms with E-state index in [2.05, 4.69) is 68.5 Å². The van der Waals surface area contributed by atoms with Crippen LogP contribution in [0.15, 0.2) is 58.5 Å². The number of anilines is 2. The van der Waals surface area contributed by atoms with Crippen LogP contribution in [0.5, 0.6) is 11.8 Å². The second-order valence-electron chi connectivity index (χ2n) is 18.5. The van der Waals surface area contributed by atoms with E-state index in [1.54, 1.807) is 13.8 Å². The predicted octanol–water partition coefficient (Wildman–Crippen LogP) is 9.31. The molecular formula is C48H60N8O6. The Morgan fingerprint density at radius 1 is 0.581 bits per heavy atom. The highest BCUT2D eigenvalue weighted by Gasteiger charge is 2.38. The summed E-state index contributed by atoms with van der Waals surface area (Å²) in [5, 5.41) is 18.5. The van der Waals surface area contributed by atoms with Crippen molar-refractivity contribution in [2.75, 3.05) is 11.5 Å². The van der Waals surface area contributed by atoms with Crippen LogP contribution >= 0.6 is 0 Å². The monoisotopic (exact) mass is 844 g/mol. The first-order valence-electron chi connectivity index (χ1n) is 21.8. The Kier molecular flexibility index (Phi) is 12.4. The van der Waals surface area contributed by atoms with Crippen LogP contribution in [0.25, 0.3) is 0 Å². The SMILES string of the molecule is Cc1nc(N)c2c(n1)OC(C)(C)C(c1ccc(C3CCC(C(C)C(=O)O)CC3)cc1)=N2.Cc1nc(N)c2c(n1)OC(C)(C)C(c1ccc(C3CCC([C@@H](C)C(=O)O)CC3)cc1)=N2. The Labute approximate surface area is 363 Å². The zero-order valence-corrected chi connectivity index (χ0v) is 37.1. The lowest BCUT2D eigenvalue weighted by Crippen LogP contribution is -2.41. The van der Waals surface area contributed by atoms with Crippen LogP contribution in [-0.2, 0) is 9.59 Å². The molecule has 0 amide bonds. The van der Waals surface area contributed by atoms with Crippen LogP contribution in [-0.4, -0.2) is 64.7 Å². The number of hydrogen-bond acceptors (Lipinski definition) is 12. The predicted molar refractivity (Wildman–Crippen MR) is 240 cm³/mol. The number of nitrogens with two attached hydrogens (primary N) is 2. The van der Waals surface area contributed by atoms with Gasteiger partial charge in [0.05, 0.1) is 23.3 Å². The highest BCUT2D eigenvalue weighted by Crippen LogP contribution is 2.43. The van der Waals surface area contributed by atoms with Gasteiger partial charge < -0.3 is 31.2 Å². The molecule has 62 heavy (non-hydrogen) atoms. The summed E-state index contributed by atoms with van der Waals surface area (Å²) in [6.07, 6.45) is 7.95. The molecule has 14 heteroatoms. The number of carbonyl (C=O) groups is 2. The largest absolute Gasteiger partial charge is 0.481 e. The van der Waals surface area contributed by atoms with Crippen molar-refractivity contribution in [1.82, 2.24) is 19.9 Å². The van der Waals surface area contributed by atoms with E-state index in [1.807, 2.05) is 41.5 Å². The van der Waals surface area contributed by atoms with Crippen LogP contribution in [0.1, 0.15) is 139 Å². The summed E-state index contributed by atoms with van der Waals surface area (Å²) in [7, 11) is 0.